The third kappa shape index (κ3) is 2.44. The third-order valence-electron chi connectivity index (χ3n) is 3.67. The Labute approximate surface area is 101 Å². The van der Waals surface area contributed by atoms with Crippen LogP contribution in [0.4, 0.5) is 0 Å². The lowest BCUT2D eigenvalue weighted by Gasteiger charge is -2.31. The summed E-state index contributed by atoms with van der Waals surface area (Å²) in [6.07, 6.45) is 12.1. The minimum Gasteiger partial charge on any atom is -0.0840 e. The van der Waals surface area contributed by atoms with Crippen molar-refractivity contribution < 1.29 is 0 Å². The van der Waals surface area contributed by atoms with E-state index in [1.54, 1.807) is 5.57 Å². The molecule has 0 aromatic rings. The Kier molecular flexibility index (Phi) is 3.50. The Morgan fingerprint density at radius 1 is 1.33 bits per heavy atom. The maximum Gasteiger partial charge on any atom is -0.00861 e. The molecule has 2 rings (SSSR count). The fraction of sp³-hybridized carbons (Fsp3) is 0.571. The van der Waals surface area contributed by atoms with Crippen LogP contribution in [-0.4, -0.2) is 0 Å². The maximum atomic E-state index is 3.63. The smallest absolute Gasteiger partial charge is 0.00861 e. The molecule has 2 aliphatic carbocycles. The highest BCUT2D eigenvalue weighted by Gasteiger charge is 2.25. The number of halogens is 1. The van der Waals surface area contributed by atoms with Gasteiger partial charge in [0.05, 0.1) is 0 Å². The van der Waals surface area contributed by atoms with E-state index in [1.807, 2.05) is 0 Å². The lowest BCUT2D eigenvalue weighted by atomic mass is 9.76. The second-order valence-corrected chi connectivity index (χ2v) is 5.79. The van der Waals surface area contributed by atoms with Gasteiger partial charge in [-0.1, -0.05) is 52.2 Å². The Bertz CT molecular complexity index is 333. The standard InChI is InChI=1S/C14H19Br/c1-10-5-3-4-6-13(10)14-8-7-12(15)9-11(14)2/h3,5,9,11,14H,4,6-8H2,1-2H3. The van der Waals surface area contributed by atoms with Crippen molar-refractivity contribution in [3.8, 4) is 0 Å². The monoisotopic (exact) mass is 266 g/mol. The van der Waals surface area contributed by atoms with Crippen molar-refractivity contribution in [3.63, 3.8) is 0 Å². The van der Waals surface area contributed by atoms with Crippen LogP contribution in [0.25, 0.3) is 0 Å². The van der Waals surface area contributed by atoms with E-state index in [1.165, 1.54) is 35.7 Å². The van der Waals surface area contributed by atoms with Crippen LogP contribution in [0.5, 0.6) is 0 Å². The average molecular weight is 267 g/mol. The van der Waals surface area contributed by atoms with Gasteiger partial charge in [-0.2, -0.15) is 0 Å². The number of rotatable bonds is 1. The van der Waals surface area contributed by atoms with E-state index in [4.69, 9.17) is 0 Å². The molecule has 0 heterocycles. The summed E-state index contributed by atoms with van der Waals surface area (Å²) in [6.45, 7) is 4.62. The molecule has 0 aromatic heterocycles. The van der Waals surface area contributed by atoms with Crippen molar-refractivity contribution in [1.29, 1.82) is 0 Å². The summed E-state index contributed by atoms with van der Waals surface area (Å²) in [4.78, 5) is 0. The Hall–Kier alpha value is -0.300. The fourth-order valence-electron chi connectivity index (χ4n) is 2.81. The van der Waals surface area contributed by atoms with Crippen LogP contribution in [0, 0.1) is 11.8 Å². The van der Waals surface area contributed by atoms with Crippen LogP contribution in [-0.2, 0) is 0 Å². The zero-order chi connectivity index (χ0) is 10.8. The first kappa shape index (κ1) is 11.2. The second-order valence-electron chi connectivity index (χ2n) is 4.77. The van der Waals surface area contributed by atoms with Crippen LogP contribution < -0.4 is 0 Å². The summed E-state index contributed by atoms with van der Waals surface area (Å²) in [5, 5.41) is 0. The van der Waals surface area contributed by atoms with Gasteiger partial charge >= 0.3 is 0 Å². The van der Waals surface area contributed by atoms with Gasteiger partial charge in [0.2, 0.25) is 0 Å². The lowest BCUT2D eigenvalue weighted by molar-refractivity contribution is 0.420. The fourth-order valence-corrected chi connectivity index (χ4v) is 3.46. The van der Waals surface area contributed by atoms with Crippen LogP contribution in [0.3, 0.4) is 0 Å². The molecule has 0 radical (unpaired) electrons. The summed E-state index contributed by atoms with van der Waals surface area (Å²) in [5.41, 5.74) is 3.23. The van der Waals surface area contributed by atoms with Gasteiger partial charge < -0.3 is 0 Å². The molecular weight excluding hydrogens is 248 g/mol. The Morgan fingerprint density at radius 3 is 2.80 bits per heavy atom. The normalized spacial score (nSPS) is 31.8. The molecule has 0 aromatic carbocycles. The average Bonchev–Trinajstić information content (AvgIpc) is 2.20. The topological polar surface area (TPSA) is 0 Å². The van der Waals surface area contributed by atoms with E-state index in [2.05, 4.69) is 48.0 Å². The molecule has 2 aliphatic rings. The molecule has 82 valence electrons. The number of hydrogen-bond donors (Lipinski definition) is 0. The molecule has 0 saturated heterocycles. The first-order chi connectivity index (χ1) is 7.18. The zero-order valence-electron chi connectivity index (χ0n) is 9.59. The highest BCUT2D eigenvalue weighted by molar-refractivity contribution is 9.11. The summed E-state index contributed by atoms with van der Waals surface area (Å²) in [6, 6.07) is 0. The molecule has 15 heavy (non-hydrogen) atoms. The number of allylic oxidation sites excluding steroid dienone is 6. The summed E-state index contributed by atoms with van der Waals surface area (Å²) < 4.78 is 1.40. The summed E-state index contributed by atoms with van der Waals surface area (Å²) >= 11 is 3.63. The minimum atomic E-state index is 0.699. The molecular formula is C14H19Br. The molecule has 0 saturated carbocycles. The quantitative estimate of drug-likeness (QED) is 0.628. The van der Waals surface area contributed by atoms with Crippen LogP contribution in [0.2, 0.25) is 0 Å². The molecule has 2 atom stereocenters. The summed E-state index contributed by atoms with van der Waals surface area (Å²) in [7, 11) is 0. The maximum absolute atomic E-state index is 3.63. The predicted octanol–water partition coefficient (Wildman–Crippen LogP) is 4.98. The van der Waals surface area contributed by atoms with E-state index >= 15 is 0 Å². The van der Waals surface area contributed by atoms with Gasteiger partial charge in [-0.3, -0.25) is 0 Å². The van der Waals surface area contributed by atoms with Crippen molar-refractivity contribution in [2.75, 3.05) is 0 Å². The molecule has 2 unspecified atom stereocenters. The first-order valence-corrected chi connectivity index (χ1v) is 6.70. The SMILES string of the molecule is CC1=C(C2CCC(Br)=CC2C)CCC=C1. The first-order valence-electron chi connectivity index (χ1n) is 5.91. The van der Waals surface area contributed by atoms with Gasteiger partial charge in [0.25, 0.3) is 0 Å². The van der Waals surface area contributed by atoms with E-state index in [-0.39, 0.29) is 0 Å². The van der Waals surface area contributed by atoms with Crippen molar-refractivity contribution in [3.05, 3.63) is 33.9 Å². The molecule has 1 heteroatoms. The van der Waals surface area contributed by atoms with Gasteiger partial charge in [-0.05, 0) is 48.9 Å². The predicted molar refractivity (Wildman–Crippen MR) is 70.0 cm³/mol. The molecule has 0 spiro atoms. The van der Waals surface area contributed by atoms with Crippen LogP contribution in [0.15, 0.2) is 33.9 Å². The molecule has 0 fully saturated rings. The second kappa shape index (κ2) is 4.69. The van der Waals surface area contributed by atoms with Gasteiger partial charge in [0.1, 0.15) is 0 Å². The summed E-state index contributed by atoms with van der Waals surface area (Å²) in [5.74, 6) is 1.49. The van der Waals surface area contributed by atoms with Crippen molar-refractivity contribution in [2.45, 2.75) is 39.5 Å². The van der Waals surface area contributed by atoms with Gasteiger partial charge in [0, 0.05) is 0 Å². The molecule has 0 nitrogen and oxygen atoms in total. The Morgan fingerprint density at radius 2 is 2.13 bits per heavy atom. The van der Waals surface area contributed by atoms with Crippen molar-refractivity contribution >= 4 is 15.9 Å². The van der Waals surface area contributed by atoms with E-state index in [9.17, 15) is 0 Å². The highest BCUT2D eigenvalue weighted by atomic mass is 79.9. The van der Waals surface area contributed by atoms with E-state index < -0.39 is 0 Å². The Balaban J connectivity index is 2.21. The molecule has 0 aliphatic heterocycles. The van der Waals surface area contributed by atoms with E-state index in [0.29, 0.717) is 5.92 Å². The lowest BCUT2D eigenvalue weighted by Crippen LogP contribution is -2.18. The molecule has 0 bridgehead atoms. The highest BCUT2D eigenvalue weighted by Crippen LogP contribution is 2.39. The zero-order valence-corrected chi connectivity index (χ0v) is 11.2. The van der Waals surface area contributed by atoms with Gasteiger partial charge in [0.15, 0.2) is 0 Å². The van der Waals surface area contributed by atoms with E-state index in [0.717, 1.165) is 5.92 Å². The van der Waals surface area contributed by atoms with Crippen LogP contribution >= 0.6 is 15.9 Å². The molecule has 0 amide bonds. The van der Waals surface area contributed by atoms with Gasteiger partial charge in [-0.15, -0.1) is 0 Å². The van der Waals surface area contributed by atoms with Crippen molar-refractivity contribution in [1.82, 2.24) is 0 Å². The largest absolute Gasteiger partial charge is 0.0840 e. The minimum absolute atomic E-state index is 0.699. The third-order valence-corrected chi connectivity index (χ3v) is 4.34. The van der Waals surface area contributed by atoms with Crippen molar-refractivity contribution in [2.24, 2.45) is 11.8 Å². The van der Waals surface area contributed by atoms with Gasteiger partial charge in [-0.25, -0.2) is 0 Å². The molecule has 0 N–H and O–H groups in total. The van der Waals surface area contributed by atoms with Crippen LogP contribution in [0.1, 0.15) is 39.5 Å². The number of hydrogen-bond acceptors (Lipinski definition) is 0.